The highest BCUT2D eigenvalue weighted by atomic mass is 32.2. The first-order valence-electron chi connectivity index (χ1n) is 7.02. The molecule has 0 aliphatic carbocycles. The minimum absolute atomic E-state index is 0.0150. The Bertz CT molecular complexity index is 628. The second-order valence-electron chi connectivity index (χ2n) is 5.60. The van der Waals surface area contributed by atoms with Crippen LogP contribution in [0.4, 0.5) is 4.39 Å². The van der Waals surface area contributed by atoms with E-state index in [0.717, 1.165) is 18.9 Å². The zero-order chi connectivity index (χ0) is 15.1. The van der Waals surface area contributed by atoms with E-state index in [1.54, 1.807) is 0 Å². The van der Waals surface area contributed by atoms with Gasteiger partial charge in [-0.2, -0.15) is 4.31 Å². The standard InChI is InChI=1S/C14H18FNO4S/c15-11-3-1-4-12(9-11)21(18,19)16-7-6-14(13(17)10-16)5-2-8-20-14/h1,3-4,9,13,17H,2,5-8,10H2/t13-,14-/m0/s1. The molecule has 116 valence electrons. The zero-order valence-corrected chi connectivity index (χ0v) is 12.4. The summed E-state index contributed by atoms with van der Waals surface area (Å²) >= 11 is 0. The molecule has 7 heteroatoms. The lowest BCUT2D eigenvalue weighted by molar-refractivity contribution is -0.117. The average Bonchev–Trinajstić information content (AvgIpc) is 2.92. The molecular weight excluding hydrogens is 297 g/mol. The Morgan fingerprint density at radius 1 is 1.38 bits per heavy atom. The van der Waals surface area contributed by atoms with Crippen molar-refractivity contribution in [2.45, 2.75) is 35.9 Å². The summed E-state index contributed by atoms with van der Waals surface area (Å²) in [6.07, 6.45) is 1.25. The number of benzene rings is 1. The number of aliphatic hydroxyl groups excluding tert-OH is 1. The Morgan fingerprint density at radius 3 is 2.81 bits per heavy atom. The van der Waals surface area contributed by atoms with Crippen LogP contribution in [0, 0.1) is 5.82 Å². The third-order valence-electron chi connectivity index (χ3n) is 4.34. The van der Waals surface area contributed by atoms with Crippen molar-refractivity contribution in [3.05, 3.63) is 30.1 Å². The minimum Gasteiger partial charge on any atom is -0.389 e. The molecule has 1 aromatic carbocycles. The van der Waals surface area contributed by atoms with Gasteiger partial charge in [-0.1, -0.05) is 6.07 Å². The predicted octanol–water partition coefficient (Wildman–Crippen LogP) is 1.13. The molecule has 0 bridgehead atoms. The summed E-state index contributed by atoms with van der Waals surface area (Å²) in [5.41, 5.74) is -0.603. The van der Waals surface area contributed by atoms with E-state index in [2.05, 4.69) is 0 Å². The van der Waals surface area contributed by atoms with Crippen LogP contribution in [0.25, 0.3) is 0 Å². The molecule has 0 saturated carbocycles. The molecule has 1 aromatic rings. The highest BCUT2D eigenvalue weighted by Gasteiger charge is 2.47. The van der Waals surface area contributed by atoms with Gasteiger partial charge in [-0.05, 0) is 37.5 Å². The molecule has 0 amide bonds. The summed E-state index contributed by atoms with van der Waals surface area (Å²) in [5.74, 6) is -0.593. The number of halogens is 1. The lowest BCUT2D eigenvalue weighted by atomic mass is 9.87. The minimum atomic E-state index is -3.79. The normalized spacial score (nSPS) is 30.9. The van der Waals surface area contributed by atoms with Crippen LogP contribution in [0.1, 0.15) is 19.3 Å². The van der Waals surface area contributed by atoms with Crippen LogP contribution in [0.3, 0.4) is 0 Å². The van der Waals surface area contributed by atoms with E-state index in [-0.39, 0.29) is 18.0 Å². The van der Waals surface area contributed by atoms with Gasteiger partial charge in [0.25, 0.3) is 0 Å². The molecule has 2 heterocycles. The summed E-state index contributed by atoms with van der Waals surface area (Å²) in [4.78, 5) is -0.0852. The molecular formula is C14H18FNO4S. The van der Waals surface area contributed by atoms with E-state index in [9.17, 15) is 17.9 Å². The Balaban J connectivity index is 1.82. The number of sulfonamides is 1. The van der Waals surface area contributed by atoms with E-state index in [4.69, 9.17) is 4.74 Å². The molecule has 0 aromatic heterocycles. The molecule has 2 saturated heterocycles. The van der Waals surface area contributed by atoms with Crippen molar-refractivity contribution in [2.24, 2.45) is 0 Å². The Labute approximate surface area is 123 Å². The van der Waals surface area contributed by atoms with Gasteiger partial charge < -0.3 is 9.84 Å². The summed E-state index contributed by atoms with van der Waals surface area (Å²) in [5, 5.41) is 10.3. The van der Waals surface area contributed by atoms with E-state index in [0.29, 0.717) is 13.0 Å². The van der Waals surface area contributed by atoms with Crippen molar-refractivity contribution in [3.8, 4) is 0 Å². The van der Waals surface area contributed by atoms with Crippen molar-refractivity contribution < 1.29 is 22.7 Å². The van der Waals surface area contributed by atoms with E-state index in [1.807, 2.05) is 0 Å². The quantitative estimate of drug-likeness (QED) is 0.888. The maximum atomic E-state index is 13.2. The highest BCUT2D eigenvalue weighted by molar-refractivity contribution is 7.89. The van der Waals surface area contributed by atoms with Crippen LogP contribution < -0.4 is 0 Å². The van der Waals surface area contributed by atoms with Crippen molar-refractivity contribution in [1.29, 1.82) is 0 Å². The van der Waals surface area contributed by atoms with Crippen LogP contribution in [-0.2, 0) is 14.8 Å². The van der Waals surface area contributed by atoms with Gasteiger partial charge in [0.05, 0.1) is 16.6 Å². The van der Waals surface area contributed by atoms with Gasteiger partial charge >= 0.3 is 0 Å². The van der Waals surface area contributed by atoms with Gasteiger partial charge in [0.2, 0.25) is 10.0 Å². The van der Waals surface area contributed by atoms with E-state index < -0.39 is 27.5 Å². The summed E-state index contributed by atoms with van der Waals surface area (Å²) < 4.78 is 45.1. The second kappa shape index (κ2) is 5.31. The van der Waals surface area contributed by atoms with Gasteiger partial charge in [-0.25, -0.2) is 12.8 Å². The second-order valence-corrected chi connectivity index (χ2v) is 7.54. The molecule has 3 rings (SSSR count). The molecule has 21 heavy (non-hydrogen) atoms. The van der Waals surface area contributed by atoms with Gasteiger partial charge in [-0.15, -0.1) is 0 Å². The van der Waals surface area contributed by atoms with Gasteiger partial charge in [0.15, 0.2) is 0 Å². The number of piperidine rings is 1. The van der Waals surface area contributed by atoms with Crippen LogP contribution in [0.2, 0.25) is 0 Å². The Morgan fingerprint density at radius 2 is 2.19 bits per heavy atom. The molecule has 2 fully saturated rings. The number of hydrogen-bond donors (Lipinski definition) is 1. The number of nitrogens with zero attached hydrogens (tertiary/aromatic N) is 1. The van der Waals surface area contributed by atoms with Gasteiger partial charge in [0, 0.05) is 19.7 Å². The SMILES string of the molecule is O=S(=O)(c1cccc(F)c1)N1CC[C@@]2(CCCO2)[C@@H](O)C1. The fourth-order valence-electron chi connectivity index (χ4n) is 3.10. The monoisotopic (exact) mass is 315 g/mol. The van der Waals surface area contributed by atoms with Crippen molar-refractivity contribution in [2.75, 3.05) is 19.7 Å². The summed E-state index contributed by atoms with van der Waals surface area (Å²) in [6, 6.07) is 4.93. The topological polar surface area (TPSA) is 66.8 Å². The molecule has 2 aliphatic rings. The maximum absolute atomic E-state index is 13.2. The lowest BCUT2D eigenvalue weighted by Crippen LogP contribution is -2.56. The van der Waals surface area contributed by atoms with Crippen LogP contribution in [0.15, 0.2) is 29.2 Å². The van der Waals surface area contributed by atoms with Crippen LogP contribution in [-0.4, -0.2) is 49.2 Å². The first-order chi connectivity index (χ1) is 9.94. The Hall–Kier alpha value is -1.02. The van der Waals surface area contributed by atoms with Crippen molar-refractivity contribution in [1.82, 2.24) is 4.31 Å². The fourth-order valence-corrected chi connectivity index (χ4v) is 4.58. The molecule has 2 atom stereocenters. The summed E-state index contributed by atoms with van der Waals surface area (Å²) in [7, 11) is -3.79. The number of rotatable bonds is 2. The Kier molecular flexibility index (Phi) is 3.77. The first kappa shape index (κ1) is 14.9. The van der Waals surface area contributed by atoms with Crippen molar-refractivity contribution in [3.63, 3.8) is 0 Å². The van der Waals surface area contributed by atoms with Gasteiger partial charge in [-0.3, -0.25) is 0 Å². The van der Waals surface area contributed by atoms with E-state index >= 15 is 0 Å². The number of hydrogen-bond acceptors (Lipinski definition) is 4. The molecule has 2 aliphatic heterocycles. The zero-order valence-electron chi connectivity index (χ0n) is 11.5. The third kappa shape index (κ3) is 2.59. The number of aliphatic hydroxyl groups is 1. The van der Waals surface area contributed by atoms with E-state index in [1.165, 1.54) is 22.5 Å². The van der Waals surface area contributed by atoms with Crippen LogP contribution >= 0.6 is 0 Å². The van der Waals surface area contributed by atoms with Crippen LogP contribution in [0.5, 0.6) is 0 Å². The largest absolute Gasteiger partial charge is 0.389 e. The molecule has 1 spiro atoms. The molecule has 1 N–H and O–H groups in total. The molecule has 0 radical (unpaired) electrons. The predicted molar refractivity (Wildman–Crippen MR) is 73.7 cm³/mol. The number of β-amino-alcohol motifs (C(OH)–C–C–N with tert-alkyl or cyclic N) is 1. The third-order valence-corrected chi connectivity index (χ3v) is 6.20. The molecule has 0 unspecified atom stereocenters. The van der Waals surface area contributed by atoms with Gasteiger partial charge in [0.1, 0.15) is 5.82 Å². The average molecular weight is 315 g/mol. The highest BCUT2D eigenvalue weighted by Crippen LogP contribution is 2.37. The maximum Gasteiger partial charge on any atom is 0.243 e. The van der Waals surface area contributed by atoms with Crippen molar-refractivity contribution >= 4 is 10.0 Å². The smallest absolute Gasteiger partial charge is 0.243 e. The lowest BCUT2D eigenvalue weighted by Gasteiger charge is -2.41. The molecule has 5 nitrogen and oxygen atoms in total. The fraction of sp³-hybridized carbons (Fsp3) is 0.571. The first-order valence-corrected chi connectivity index (χ1v) is 8.46. The summed E-state index contributed by atoms with van der Waals surface area (Å²) in [6.45, 7) is 0.864. The number of ether oxygens (including phenoxy) is 1.